The van der Waals surface area contributed by atoms with Gasteiger partial charge in [-0.05, 0) is 13.8 Å². The zero-order chi connectivity index (χ0) is 8.20. The van der Waals surface area contributed by atoms with Gasteiger partial charge in [0.2, 0.25) is 0 Å². The smallest absolute Gasteiger partial charge is 0.0670 e. The van der Waals surface area contributed by atoms with Crippen molar-refractivity contribution in [3.63, 3.8) is 0 Å². The van der Waals surface area contributed by atoms with E-state index >= 15 is 0 Å². The Bertz CT molecular complexity index is 89.3. The minimum absolute atomic E-state index is 0.0734. The Morgan fingerprint density at radius 3 is 2.10 bits per heavy atom. The average molecular weight is 146 g/mol. The summed E-state index contributed by atoms with van der Waals surface area (Å²) in [5.41, 5.74) is -0.0734. The summed E-state index contributed by atoms with van der Waals surface area (Å²) in [7, 11) is 3.44. The highest BCUT2D eigenvalue weighted by atomic mass is 16.5. The normalized spacial score (nSPS) is 15.3. The van der Waals surface area contributed by atoms with Crippen LogP contribution in [0, 0.1) is 5.92 Å². The second-order valence-electron chi connectivity index (χ2n) is 3.16. The summed E-state index contributed by atoms with van der Waals surface area (Å²) in [5.74, 6) is 0.433. The molecule has 0 N–H and O–H groups in total. The van der Waals surface area contributed by atoms with Gasteiger partial charge in [0, 0.05) is 20.1 Å². The number of methoxy groups -OCH3 is 2. The summed E-state index contributed by atoms with van der Waals surface area (Å²) in [6.07, 6.45) is 0. The van der Waals surface area contributed by atoms with E-state index in [1.807, 2.05) is 0 Å². The van der Waals surface area contributed by atoms with Crippen LogP contribution >= 0.6 is 0 Å². The molecule has 0 aliphatic heterocycles. The molecule has 0 rings (SSSR count). The zero-order valence-corrected chi connectivity index (χ0v) is 7.60. The Balaban J connectivity index is 3.78. The lowest BCUT2D eigenvalue weighted by Gasteiger charge is -2.29. The van der Waals surface area contributed by atoms with Crippen molar-refractivity contribution in [1.82, 2.24) is 0 Å². The minimum Gasteiger partial charge on any atom is -0.384 e. The van der Waals surface area contributed by atoms with Crippen LogP contribution in [0.3, 0.4) is 0 Å². The van der Waals surface area contributed by atoms with Crippen LogP contribution in [0.15, 0.2) is 0 Å². The molecule has 2 heteroatoms. The lowest BCUT2D eigenvalue weighted by atomic mass is 9.93. The standard InChI is InChI=1S/C8H18O2/c1-7(6-9-4)8(2,3)10-5/h7H,6H2,1-5H3. The van der Waals surface area contributed by atoms with E-state index in [1.165, 1.54) is 0 Å². The van der Waals surface area contributed by atoms with Gasteiger partial charge in [-0.1, -0.05) is 6.92 Å². The molecule has 1 unspecified atom stereocenters. The largest absolute Gasteiger partial charge is 0.384 e. The van der Waals surface area contributed by atoms with E-state index in [0.29, 0.717) is 5.92 Å². The Labute approximate surface area is 63.5 Å². The van der Waals surface area contributed by atoms with E-state index in [-0.39, 0.29) is 5.60 Å². The van der Waals surface area contributed by atoms with Crippen molar-refractivity contribution in [1.29, 1.82) is 0 Å². The van der Waals surface area contributed by atoms with Crippen molar-refractivity contribution in [2.45, 2.75) is 26.4 Å². The highest BCUT2D eigenvalue weighted by molar-refractivity contribution is 4.74. The van der Waals surface area contributed by atoms with Crippen molar-refractivity contribution in [3.8, 4) is 0 Å². The lowest BCUT2D eigenvalue weighted by Crippen LogP contribution is -2.34. The highest BCUT2D eigenvalue weighted by Gasteiger charge is 2.24. The van der Waals surface area contributed by atoms with E-state index in [2.05, 4.69) is 20.8 Å². The lowest BCUT2D eigenvalue weighted by molar-refractivity contribution is -0.0455. The third kappa shape index (κ3) is 2.67. The molecule has 0 radical (unpaired) electrons. The van der Waals surface area contributed by atoms with Gasteiger partial charge in [-0.2, -0.15) is 0 Å². The summed E-state index contributed by atoms with van der Waals surface area (Å²) in [4.78, 5) is 0. The fourth-order valence-corrected chi connectivity index (χ4v) is 0.652. The van der Waals surface area contributed by atoms with Crippen LogP contribution in [0.5, 0.6) is 0 Å². The summed E-state index contributed by atoms with van der Waals surface area (Å²) in [5, 5.41) is 0. The molecule has 0 amide bonds. The fourth-order valence-electron chi connectivity index (χ4n) is 0.652. The molecular weight excluding hydrogens is 128 g/mol. The maximum Gasteiger partial charge on any atom is 0.0670 e. The number of ether oxygens (including phenoxy) is 2. The topological polar surface area (TPSA) is 18.5 Å². The molecule has 1 atom stereocenters. The van der Waals surface area contributed by atoms with Crippen molar-refractivity contribution in [3.05, 3.63) is 0 Å². The highest BCUT2D eigenvalue weighted by Crippen LogP contribution is 2.19. The number of hydrogen-bond donors (Lipinski definition) is 0. The first-order valence-corrected chi connectivity index (χ1v) is 3.58. The van der Waals surface area contributed by atoms with E-state index < -0.39 is 0 Å². The summed E-state index contributed by atoms with van der Waals surface area (Å²) >= 11 is 0. The monoisotopic (exact) mass is 146 g/mol. The maximum absolute atomic E-state index is 5.27. The van der Waals surface area contributed by atoms with Crippen LogP contribution < -0.4 is 0 Å². The average Bonchev–Trinajstić information content (AvgIpc) is 1.89. The van der Waals surface area contributed by atoms with Crippen LogP contribution in [-0.4, -0.2) is 26.4 Å². The van der Waals surface area contributed by atoms with Crippen LogP contribution in [0.2, 0.25) is 0 Å². The Morgan fingerprint density at radius 2 is 1.80 bits per heavy atom. The van der Waals surface area contributed by atoms with Crippen LogP contribution in [0.4, 0.5) is 0 Å². The van der Waals surface area contributed by atoms with Gasteiger partial charge in [-0.15, -0.1) is 0 Å². The molecule has 0 saturated carbocycles. The van der Waals surface area contributed by atoms with Crippen LogP contribution in [0.1, 0.15) is 20.8 Å². The molecular formula is C8H18O2. The van der Waals surface area contributed by atoms with E-state index in [0.717, 1.165) is 6.61 Å². The number of hydrogen-bond acceptors (Lipinski definition) is 2. The van der Waals surface area contributed by atoms with Crippen molar-refractivity contribution < 1.29 is 9.47 Å². The van der Waals surface area contributed by atoms with Gasteiger partial charge in [0.05, 0.1) is 12.2 Å². The van der Waals surface area contributed by atoms with Crippen LogP contribution in [-0.2, 0) is 9.47 Å². The summed E-state index contributed by atoms with van der Waals surface area (Å²) in [6, 6.07) is 0. The van der Waals surface area contributed by atoms with E-state index in [4.69, 9.17) is 9.47 Å². The van der Waals surface area contributed by atoms with E-state index in [1.54, 1.807) is 14.2 Å². The van der Waals surface area contributed by atoms with Crippen molar-refractivity contribution >= 4 is 0 Å². The molecule has 0 heterocycles. The molecule has 0 aromatic heterocycles. The minimum atomic E-state index is -0.0734. The van der Waals surface area contributed by atoms with Gasteiger partial charge in [-0.25, -0.2) is 0 Å². The molecule has 0 spiro atoms. The second kappa shape index (κ2) is 3.94. The molecule has 10 heavy (non-hydrogen) atoms. The molecule has 0 bridgehead atoms. The Kier molecular flexibility index (Phi) is 3.91. The van der Waals surface area contributed by atoms with Crippen LogP contribution in [0.25, 0.3) is 0 Å². The summed E-state index contributed by atoms with van der Waals surface area (Å²) in [6.45, 7) is 7.00. The molecule has 2 nitrogen and oxygen atoms in total. The van der Waals surface area contributed by atoms with Gasteiger partial charge in [-0.3, -0.25) is 0 Å². The quantitative estimate of drug-likeness (QED) is 0.601. The third-order valence-corrected chi connectivity index (χ3v) is 2.13. The zero-order valence-electron chi connectivity index (χ0n) is 7.60. The number of rotatable bonds is 4. The van der Waals surface area contributed by atoms with Crippen molar-refractivity contribution in [2.24, 2.45) is 5.92 Å². The first kappa shape index (κ1) is 9.92. The first-order chi connectivity index (χ1) is 4.54. The maximum atomic E-state index is 5.27. The molecule has 0 aliphatic rings. The molecule has 62 valence electrons. The molecule has 0 aliphatic carbocycles. The molecule has 0 aromatic rings. The fraction of sp³-hybridized carbons (Fsp3) is 1.00. The predicted molar refractivity (Wildman–Crippen MR) is 42.1 cm³/mol. The molecule has 0 aromatic carbocycles. The van der Waals surface area contributed by atoms with Crippen molar-refractivity contribution in [2.75, 3.05) is 20.8 Å². The SMILES string of the molecule is COCC(C)C(C)(C)OC. The first-order valence-electron chi connectivity index (χ1n) is 3.58. The summed E-state index contributed by atoms with van der Waals surface area (Å²) < 4.78 is 10.3. The Hall–Kier alpha value is -0.0800. The van der Waals surface area contributed by atoms with Gasteiger partial charge in [0.1, 0.15) is 0 Å². The molecule has 0 fully saturated rings. The van der Waals surface area contributed by atoms with Gasteiger partial charge in [0.15, 0.2) is 0 Å². The Morgan fingerprint density at radius 1 is 1.30 bits per heavy atom. The third-order valence-electron chi connectivity index (χ3n) is 2.13. The van der Waals surface area contributed by atoms with E-state index in [9.17, 15) is 0 Å². The van der Waals surface area contributed by atoms with Gasteiger partial charge in [0.25, 0.3) is 0 Å². The predicted octanol–water partition coefficient (Wildman–Crippen LogP) is 1.69. The van der Waals surface area contributed by atoms with Gasteiger partial charge < -0.3 is 9.47 Å². The molecule has 0 saturated heterocycles. The second-order valence-corrected chi connectivity index (χ2v) is 3.16. The van der Waals surface area contributed by atoms with Gasteiger partial charge >= 0.3 is 0 Å².